The van der Waals surface area contributed by atoms with E-state index in [2.05, 4.69) is 35.9 Å². The number of anilines is 3. The van der Waals surface area contributed by atoms with Crippen LogP contribution in [-0.2, 0) is 10.0 Å². The van der Waals surface area contributed by atoms with Crippen molar-refractivity contribution in [1.29, 1.82) is 0 Å². The normalized spacial score (nSPS) is 11.4. The van der Waals surface area contributed by atoms with Gasteiger partial charge >= 0.3 is 0 Å². The zero-order valence-electron chi connectivity index (χ0n) is 15.4. The lowest BCUT2D eigenvalue weighted by Gasteiger charge is -2.14. The number of hydrogen-bond acceptors (Lipinski definition) is 5. The summed E-state index contributed by atoms with van der Waals surface area (Å²) in [6.45, 7) is 1.84. The van der Waals surface area contributed by atoms with Crippen molar-refractivity contribution in [3.63, 3.8) is 0 Å². The molecule has 6 nitrogen and oxygen atoms in total. The van der Waals surface area contributed by atoms with Crippen LogP contribution in [0.5, 0.6) is 0 Å². The van der Waals surface area contributed by atoms with Gasteiger partial charge in [0.1, 0.15) is 0 Å². The van der Waals surface area contributed by atoms with Crippen LogP contribution in [0.3, 0.4) is 0 Å². The van der Waals surface area contributed by atoms with Gasteiger partial charge in [0.25, 0.3) is 10.0 Å². The summed E-state index contributed by atoms with van der Waals surface area (Å²) in [5.41, 5.74) is 2.85. The van der Waals surface area contributed by atoms with E-state index < -0.39 is 10.0 Å². The predicted octanol–water partition coefficient (Wildman–Crippen LogP) is 5.25. The Bertz CT molecular complexity index is 1310. The number of para-hydroxylation sites is 2. The van der Waals surface area contributed by atoms with Gasteiger partial charge in [-0.15, -0.1) is 0 Å². The van der Waals surface area contributed by atoms with Crippen LogP contribution < -0.4 is 10.0 Å². The standard InChI is InChI=1S/C21H17BrN4O2S/c1-14-6-4-9-17(12-14)29(27,28)26-21-20(23-16-8-5-7-15(22)13-16)24-18-10-2-3-11-19(18)25-21/h2-13H,1H3,(H,23,24)(H,25,26). The first kappa shape index (κ1) is 19.4. The Morgan fingerprint density at radius 1 is 0.828 bits per heavy atom. The molecule has 146 valence electrons. The fourth-order valence-electron chi connectivity index (χ4n) is 2.83. The Hall–Kier alpha value is -2.97. The van der Waals surface area contributed by atoms with E-state index in [1.54, 1.807) is 24.3 Å². The number of sulfonamides is 1. The Morgan fingerprint density at radius 3 is 2.21 bits per heavy atom. The molecule has 4 rings (SSSR count). The fraction of sp³-hybridized carbons (Fsp3) is 0.0476. The lowest BCUT2D eigenvalue weighted by atomic mass is 10.2. The minimum atomic E-state index is -3.83. The molecular weight excluding hydrogens is 452 g/mol. The van der Waals surface area contributed by atoms with Crippen molar-refractivity contribution in [3.8, 4) is 0 Å². The second kappa shape index (κ2) is 7.81. The maximum absolute atomic E-state index is 12.9. The van der Waals surface area contributed by atoms with Crippen LogP contribution in [0.1, 0.15) is 5.56 Å². The third-order valence-corrected chi connectivity index (χ3v) is 6.02. The molecule has 0 fully saturated rings. The molecule has 8 heteroatoms. The molecular formula is C21H17BrN4O2S. The van der Waals surface area contributed by atoms with Gasteiger partial charge in [-0.25, -0.2) is 18.4 Å². The first-order valence-corrected chi connectivity index (χ1v) is 11.1. The van der Waals surface area contributed by atoms with Crippen LogP contribution in [0.15, 0.2) is 82.2 Å². The number of halogens is 1. The number of rotatable bonds is 5. The number of aromatic nitrogens is 2. The van der Waals surface area contributed by atoms with Gasteiger partial charge in [-0.3, -0.25) is 4.72 Å². The minimum Gasteiger partial charge on any atom is -0.337 e. The van der Waals surface area contributed by atoms with Crippen molar-refractivity contribution in [2.45, 2.75) is 11.8 Å². The first-order valence-electron chi connectivity index (χ1n) is 8.80. The molecule has 0 aliphatic carbocycles. The van der Waals surface area contributed by atoms with Gasteiger partial charge in [0.05, 0.1) is 15.9 Å². The van der Waals surface area contributed by atoms with E-state index in [-0.39, 0.29) is 10.7 Å². The molecule has 0 spiro atoms. The SMILES string of the molecule is Cc1cccc(S(=O)(=O)Nc2nc3ccccc3nc2Nc2cccc(Br)c2)c1. The Labute approximate surface area is 177 Å². The number of benzene rings is 3. The van der Waals surface area contributed by atoms with Crippen molar-refractivity contribution in [3.05, 3.63) is 82.8 Å². The van der Waals surface area contributed by atoms with E-state index >= 15 is 0 Å². The minimum absolute atomic E-state index is 0.130. The van der Waals surface area contributed by atoms with Gasteiger partial charge in [-0.1, -0.05) is 46.3 Å². The molecule has 0 unspecified atom stereocenters. The van der Waals surface area contributed by atoms with Gasteiger partial charge < -0.3 is 5.32 Å². The molecule has 0 radical (unpaired) electrons. The van der Waals surface area contributed by atoms with Crippen molar-refractivity contribution in [2.75, 3.05) is 10.0 Å². The molecule has 0 atom stereocenters. The molecule has 0 amide bonds. The Kier molecular flexibility index (Phi) is 5.21. The molecule has 1 heterocycles. The van der Waals surface area contributed by atoms with E-state index in [4.69, 9.17) is 0 Å². The first-order chi connectivity index (χ1) is 13.9. The van der Waals surface area contributed by atoms with Crippen molar-refractivity contribution in [1.82, 2.24) is 9.97 Å². The third-order valence-electron chi connectivity index (χ3n) is 4.19. The highest BCUT2D eigenvalue weighted by molar-refractivity contribution is 9.10. The van der Waals surface area contributed by atoms with Crippen molar-refractivity contribution >= 4 is 54.3 Å². The van der Waals surface area contributed by atoms with Gasteiger partial charge in [-0.05, 0) is 55.0 Å². The van der Waals surface area contributed by atoms with E-state index in [9.17, 15) is 8.42 Å². The highest BCUT2D eigenvalue weighted by Crippen LogP contribution is 2.28. The quantitative estimate of drug-likeness (QED) is 0.418. The largest absolute Gasteiger partial charge is 0.337 e. The van der Waals surface area contributed by atoms with Gasteiger partial charge in [0.15, 0.2) is 11.6 Å². The lowest BCUT2D eigenvalue weighted by Crippen LogP contribution is -2.16. The summed E-state index contributed by atoms with van der Waals surface area (Å²) in [5, 5.41) is 3.16. The van der Waals surface area contributed by atoms with E-state index in [0.717, 1.165) is 15.7 Å². The summed E-state index contributed by atoms with van der Waals surface area (Å²) in [4.78, 5) is 9.25. The summed E-state index contributed by atoms with van der Waals surface area (Å²) in [5.74, 6) is 0.447. The topological polar surface area (TPSA) is 84.0 Å². The summed E-state index contributed by atoms with van der Waals surface area (Å²) in [6.07, 6.45) is 0. The second-order valence-electron chi connectivity index (χ2n) is 6.47. The van der Waals surface area contributed by atoms with Crippen LogP contribution >= 0.6 is 15.9 Å². The Morgan fingerprint density at radius 2 is 1.52 bits per heavy atom. The summed E-state index contributed by atoms with van der Waals surface area (Å²) < 4.78 is 29.3. The third kappa shape index (κ3) is 4.38. The van der Waals surface area contributed by atoms with Crippen LogP contribution in [0.25, 0.3) is 11.0 Å². The van der Waals surface area contributed by atoms with Crippen LogP contribution in [0.2, 0.25) is 0 Å². The molecule has 0 aliphatic rings. The lowest BCUT2D eigenvalue weighted by molar-refractivity contribution is 0.601. The molecule has 0 saturated carbocycles. The zero-order valence-corrected chi connectivity index (χ0v) is 17.8. The summed E-state index contributed by atoms with van der Waals surface area (Å²) >= 11 is 3.43. The second-order valence-corrected chi connectivity index (χ2v) is 9.06. The van der Waals surface area contributed by atoms with E-state index in [1.807, 2.05) is 55.5 Å². The van der Waals surface area contributed by atoms with Gasteiger partial charge in [0, 0.05) is 10.2 Å². The number of nitrogens with zero attached hydrogens (tertiary/aromatic N) is 2. The number of nitrogens with one attached hydrogen (secondary N) is 2. The van der Waals surface area contributed by atoms with Crippen LogP contribution in [-0.4, -0.2) is 18.4 Å². The highest BCUT2D eigenvalue weighted by Gasteiger charge is 2.19. The fourth-order valence-corrected chi connectivity index (χ4v) is 4.34. The molecule has 1 aromatic heterocycles. The average molecular weight is 469 g/mol. The smallest absolute Gasteiger partial charge is 0.263 e. The van der Waals surface area contributed by atoms with Crippen molar-refractivity contribution in [2.24, 2.45) is 0 Å². The van der Waals surface area contributed by atoms with Crippen molar-refractivity contribution < 1.29 is 8.42 Å². The highest BCUT2D eigenvalue weighted by atomic mass is 79.9. The monoisotopic (exact) mass is 468 g/mol. The Balaban J connectivity index is 1.79. The van der Waals surface area contributed by atoms with Gasteiger partial charge in [0.2, 0.25) is 0 Å². The predicted molar refractivity (Wildman–Crippen MR) is 119 cm³/mol. The van der Waals surface area contributed by atoms with Crippen LogP contribution in [0.4, 0.5) is 17.3 Å². The molecule has 29 heavy (non-hydrogen) atoms. The molecule has 2 N–H and O–H groups in total. The molecule has 0 bridgehead atoms. The molecule has 3 aromatic carbocycles. The number of aryl methyl sites for hydroxylation is 1. The number of hydrogen-bond donors (Lipinski definition) is 2. The summed E-state index contributed by atoms with van der Waals surface area (Å²) in [7, 11) is -3.83. The van der Waals surface area contributed by atoms with E-state index in [0.29, 0.717) is 16.9 Å². The van der Waals surface area contributed by atoms with E-state index in [1.165, 1.54) is 0 Å². The summed E-state index contributed by atoms with van der Waals surface area (Å²) in [6, 6.07) is 21.5. The maximum Gasteiger partial charge on any atom is 0.263 e. The molecule has 0 aliphatic heterocycles. The van der Waals surface area contributed by atoms with Crippen LogP contribution in [0, 0.1) is 6.92 Å². The zero-order chi connectivity index (χ0) is 20.4. The average Bonchev–Trinajstić information content (AvgIpc) is 2.68. The molecule has 0 saturated heterocycles. The number of fused-ring (bicyclic) bond motifs is 1. The van der Waals surface area contributed by atoms with Gasteiger partial charge in [-0.2, -0.15) is 0 Å². The maximum atomic E-state index is 12.9. The molecule has 4 aromatic rings.